The van der Waals surface area contributed by atoms with Gasteiger partial charge in [-0.15, -0.1) is 11.3 Å². The number of rotatable bonds is 5. The average Bonchev–Trinajstić information content (AvgIpc) is 3.13. The van der Waals surface area contributed by atoms with E-state index < -0.39 is 12.7 Å². The number of aromatic nitrogens is 2. The van der Waals surface area contributed by atoms with Crippen molar-refractivity contribution >= 4 is 45.1 Å². The van der Waals surface area contributed by atoms with Crippen LogP contribution in [0.25, 0.3) is 21.5 Å². The molecule has 2 aromatic heterocycles. The molecule has 1 aromatic carbocycles. The highest BCUT2D eigenvalue weighted by atomic mass is 35.5. The Hall–Kier alpha value is -2.58. The van der Waals surface area contributed by atoms with E-state index in [1.807, 2.05) is 32.0 Å². The minimum absolute atomic E-state index is 0.00194. The van der Waals surface area contributed by atoms with Crippen LogP contribution in [0.3, 0.4) is 0 Å². The standard InChI is InChI=1S/C21H20ClFN4O2S/c1-12-7-14(22)8-16(13(12)2)19-20-17(24-11-25-19)9-15(30-20)10-27-18(28)3-5-26(6-4-23)21(27)29/h7-9,11H,3-6,10H2,1-2H3. The van der Waals surface area contributed by atoms with Crippen molar-refractivity contribution in [3.63, 3.8) is 0 Å². The molecule has 0 radical (unpaired) electrons. The van der Waals surface area contributed by atoms with Crippen LogP contribution in [0.1, 0.15) is 22.4 Å². The minimum atomic E-state index is -0.631. The van der Waals surface area contributed by atoms with Crippen LogP contribution in [-0.4, -0.2) is 51.5 Å². The van der Waals surface area contributed by atoms with Crippen LogP contribution in [0.15, 0.2) is 24.5 Å². The predicted molar refractivity (Wildman–Crippen MR) is 115 cm³/mol. The molecule has 1 saturated heterocycles. The third-order valence-electron chi connectivity index (χ3n) is 5.32. The number of thiophene rings is 1. The predicted octanol–water partition coefficient (Wildman–Crippen LogP) is 4.75. The summed E-state index contributed by atoms with van der Waals surface area (Å²) in [5, 5.41) is 0.633. The molecule has 0 bridgehead atoms. The van der Waals surface area contributed by atoms with E-state index in [-0.39, 0.29) is 32.0 Å². The highest BCUT2D eigenvalue weighted by Gasteiger charge is 2.32. The normalized spacial score (nSPS) is 14.8. The number of benzene rings is 1. The summed E-state index contributed by atoms with van der Waals surface area (Å²) in [4.78, 5) is 37.1. The fraction of sp³-hybridized carbons (Fsp3) is 0.333. The van der Waals surface area contributed by atoms with Crippen molar-refractivity contribution in [2.45, 2.75) is 26.8 Å². The summed E-state index contributed by atoms with van der Waals surface area (Å²) < 4.78 is 13.6. The van der Waals surface area contributed by atoms with Crippen LogP contribution in [0.5, 0.6) is 0 Å². The first-order chi connectivity index (χ1) is 14.4. The van der Waals surface area contributed by atoms with Crippen molar-refractivity contribution in [1.29, 1.82) is 0 Å². The van der Waals surface area contributed by atoms with E-state index in [0.717, 1.165) is 37.5 Å². The van der Waals surface area contributed by atoms with Gasteiger partial charge in [0.25, 0.3) is 0 Å². The minimum Gasteiger partial charge on any atom is -0.321 e. The zero-order valence-electron chi connectivity index (χ0n) is 16.6. The lowest BCUT2D eigenvalue weighted by Crippen LogP contribution is -2.52. The number of urea groups is 1. The molecule has 3 heterocycles. The Morgan fingerprint density at radius 1 is 1.20 bits per heavy atom. The molecule has 1 aliphatic rings. The van der Waals surface area contributed by atoms with Crippen LogP contribution in [0, 0.1) is 13.8 Å². The Kier molecular flexibility index (Phi) is 5.71. The first kappa shape index (κ1) is 20.7. The van der Waals surface area contributed by atoms with Crippen molar-refractivity contribution in [2.75, 3.05) is 19.8 Å². The van der Waals surface area contributed by atoms with Gasteiger partial charge in [-0.05, 0) is 43.2 Å². The van der Waals surface area contributed by atoms with Crippen molar-refractivity contribution in [1.82, 2.24) is 19.8 Å². The van der Waals surface area contributed by atoms with E-state index in [0.29, 0.717) is 5.02 Å². The van der Waals surface area contributed by atoms with E-state index in [2.05, 4.69) is 9.97 Å². The van der Waals surface area contributed by atoms with E-state index in [4.69, 9.17) is 11.6 Å². The smallest absolute Gasteiger partial charge is 0.321 e. The van der Waals surface area contributed by atoms with Crippen LogP contribution >= 0.6 is 22.9 Å². The Morgan fingerprint density at radius 2 is 2.00 bits per heavy atom. The number of hydrogen-bond donors (Lipinski definition) is 0. The molecule has 0 saturated carbocycles. The molecule has 1 aliphatic heterocycles. The first-order valence-electron chi connectivity index (χ1n) is 9.55. The molecule has 6 nitrogen and oxygen atoms in total. The van der Waals surface area contributed by atoms with Crippen molar-refractivity contribution in [3.05, 3.63) is 45.6 Å². The SMILES string of the molecule is Cc1cc(Cl)cc(-c2ncnc3cc(CN4C(=O)CCN(CCF)C4=O)sc23)c1C. The largest absolute Gasteiger partial charge is 0.327 e. The maximum absolute atomic E-state index is 12.7. The second-order valence-corrected chi connectivity index (χ2v) is 8.81. The molecular formula is C21H20ClFN4O2S. The summed E-state index contributed by atoms with van der Waals surface area (Å²) in [5.41, 5.74) is 4.60. The molecule has 1 fully saturated rings. The lowest BCUT2D eigenvalue weighted by atomic mass is 10.0. The third-order valence-corrected chi connectivity index (χ3v) is 6.65. The fourth-order valence-electron chi connectivity index (χ4n) is 3.59. The summed E-state index contributed by atoms with van der Waals surface area (Å²) in [6, 6.07) is 5.22. The van der Waals surface area contributed by atoms with Crippen LogP contribution < -0.4 is 0 Å². The van der Waals surface area contributed by atoms with E-state index in [1.165, 1.54) is 27.5 Å². The Labute approximate surface area is 182 Å². The Morgan fingerprint density at radius 3 is 2.77 bits per heavy atom. The lowest BCUT2D eigenvalue weighted by Gasteiger charge is -2.33. The number of halogens is 2. The third kappa shape index (κ3) is 3.77. The lowest BCUT2D eigenvalue weighted by molar-refractivity contribution is -0.131. The zero-order valence-corrected chi connectivity index (χ0v) is 18.2. The van der Waals surface area contributed by atoms with Crippen LogP contribution in [0.2, 0.25) is 5.02 Å². The first-order valence-corrected chi connectivity index (χ1v) is 10.7. The van der Waals surface area contributed by atoms with Gasteiger partial charge < -0.3 is 4.90 Å². The number of hydrogen-bond acceptors (Lipinski definition) is 5. The summed E-state index contributed by atoms with van der Waals surface area (Å²) in [6.07, 6.45) is 1.70. The molecule has 0 N–H and O–H groups in total. The summed E-state index contributed by atoms with van der Waals surface area (Å²) >= 11 is 7.72. The maximum atomic E-state index is 12.7. The van der Waals surface area contributed by atoms with Crippen LogP contribution in [-0.2, 0) is 11.3 Å². The van der Waals surface area contributed by atoms with Gasteiger partial charge in [0.05, 0.1) is 29.0 Å². The number of alkyl halides is 1. The van der Waals surface area contributed by atoms with E-state index >= 15 is 0 Å². The summed E-state index contributed by atoms with van der Waals surface area (Å²) in [6.45, 7) is 3.78. The highest BCUT2D eigenvalue weighted by Crippen LogP contribution is 2.36. The fourth-order valence-corrected chi connectivity index (χ4v) is 4.97. The number of aryl methyl sites for hydroxylation is 1. The quantitative estimate of drug-likeness (QED) is 0.567. The molecule has 30 heavy (non-hydrogen) atoms. The topological polar surface area (TPSA) is 66.4 Å². The van der Waals surface area contributed by atoms with Crippen molar-refractivity contribution in [2.24, 2.45) is 0 Å². The zero-order chi connectivity index (χ0) is 21.4. The molecule has 0 unspecified atom stereocenters. The molecule has 0 spiro atoms. The highest BCUT2D eigenvalue weighted by molar-refractivity contribution is 7.19. The van der Waals surface area contributed by atoms with E-state index in [1.54, 1.807) is 0 Å². The Balaban J connectivity index is 1.71. The van der Waals surface area contributed by atoms with Gasteiger partial charge >= 0.3 is 6.03 Å². The number of nitrogens with zero attached hydrogens (tertiary/aromatic N) is 4. The maximum Gasteiger partial charge on any atom is 0.327 e. The molecule has 0 aliphatic carbocycles. The molecule has 156 valence electrons. The van der Waals surface area contributed by atoms with Crippen molar-refractivity contribution < 1.29 is 14.0 Å². The van der Waals surface area contributed by atoms with Gasteiger partial charge in [-0.1, -0.05) is 11.6 Å². The number of fused-ring (bicyclic) bond motifs is 1. The van der Waals surface area contributed by atoms with Gasteiger partial charge in [-0.2, -0.15) is 0 Å². The molecule has 4 rings (SSSR count). The van der Waals surface area contributed by atoms with E-state index in [9.17, 15) is 14.0 Å². The molecular weight excluding hydrogens is 427 g/mol. The molecule has 9 heteroatoms. The van der Waals surface area contributed by atoms with Gasteiger partial charge in [0.1, 0.15) is 13.0 Å². The number of carbonyl (C=O) groups excluding carboxylic acids is 2. The summed E-state index contributed by atoms with van der Waals surface area (Å²) in [7, 11) is 0. The molecule has 3 amide bonds. The second-order valence-electron chi connectivity index (χ2n) is 7.23. The van der Waals surface area contributed by atoms with Gasteiger partial charge in [0, 0.05) is 28.4 Å². The van der Waals surface area contributed by atoms with Gasteiger partial charge in [0.2, 0.25) is 5.91 Å². The Bertz CT molecular complexity index is 1150. The van der Waals surface area contributed by atoms with Crippen LogP contribution in [0.4, 0.5) is 9.18 Å². The second kappa shape index (κ2) is 8.28. The molecule has 0 atom stereocenters. The monoisotopic (exact) mass is 446 g/mol. The number of imide groups is 1. The average molecular weight is 447 g/mol. The van der Waals surface area contributed by atoms with Gasteiger partial charge in [-0.25, -0.2) is 19.2 Å². The molecule has 3 aromatic rings. The van der Waals surface area contributed by atoms with Gasteiger partial charge in [-0.3, -0.25) is 9.69 Å². The van der Waals surface area contributed by atoms with Crippen molar-refractivity contribution in [3.8, 4) is 11.3 Å². The summed E-state index contributed by atoms with van der Waals surface area (Å²) in [5.74, 6) is -0.250. The van der Waals surface area contributed by atoms with Gasteiger partial charge in [0.15, 0.2) is 0 Å². The number of amides is 3. The number of carbonyl (C=O) groups is 2.